The summed E-state index contributed by atoms with van der Waals surface area (Å²) in [7, 11) is 3.38. The van der Waals surface area contributed by atoms with Gasteiger partial charge in [-0.15, -0.1) is 24.0 Å². The van der Waals surface area contributed by atoms with E-state index in [0.717, 1.165) is 25.2 Å². The molecular formula is C14H28IN3O3. The van der Waals surface area contributed by atoms with Gasteiger partial charge >= 0.3 is 5.97 Å². The Labute approximate surface area is 144 Å². The maximum atomic E-state index is 11.6. The Morgan fingerprint density at radius 1 is 1.24 bits per heavy atom. The van der Waals surface area contributed by atoms with E-state index in [2.05, 4.69) is 15.6 Å². The molecule has 0 aliphatic heterocycles. The standard InChI is InChI=1S/C14H27N3O3.HI/c1-15-14(17-10-11-19-2)16-9-5-8-13(18)20-12-6-3-4-7-12;/h12H,3-11H2,1-2H3,(H2,15,16,17);1H. The molecule has 1 rings (SSSR count). The number of carbonyl (C=O) groups excluding carboxylic acids is 1. The van der Waals surface area contributed by atoms with Gasteiger partial charge in [-0.05, 0) is 32.1 Å². The molecule has 0 unspecified atom stereocenters. The van der Waals surface area contributed by atoms with Gasteiger partial charge in [-0.1, -0.05) is 0 Å². The van der Waals surface area contributed by atoms with Gasteiger partial charge in [0.1, 0.15) is 6.10 Å². The first kappa shape index (κ1) is 20.4. The third-order valence-corrected chi connectivity index (χ3v) is 3.27. The molecule has 7 heteroatoms. The van der Waals surface area contributed by atoms with E-state index in [4.69, 9.17) is 9.47 Å². The number of hydrogen-bond acceptors (Lipinski definition) is 4. The van der Waals surface area contributed by atoms with Crippen LogP contribution in [0.2, 0.25) is 0 Å². The van der Waals surface area contributed by atoms with Crippen molar-refractivity contribution >= 4 is 35.9 Å². The van der Waals surface area contributed by atoms with Crippen molar-refractivity contribution in [3.05, 3.63) is 0 Å². The molecule has 1 aliphatic carbocycles. The smallest absolute Gasteiger partial charge is 0.306 e. The number of aliphatic imine (C=N–C) groups is 1. The summed E-state index contributed by atoms with van der Waals surface area (Å²) in [5.41, 5.74) is 0. The first-order valence-electron chi connectivity index (χ1n) is 7.39. The summed E-state index contributed by atoms with van der Waals surface area (Å²) in [6.07, 6.45) is 5.79. The predicted molar refractivity (Wildman–Crippen MR) is 94.2 cm³/mol. The molecule has 0 radical (unpaired) electrons. The van der Waals surface area contributed by atoms with Crippen LogP contribution in [-0.4, -0.2) is 51.9 Å². The molecule has 0 saturated heterocycles. The average Bonchev–Trinajstić information content (AvgIpc) is 2.94. The summed E-state index contributed by atoms with van der Waals surface area (Å²) < 4.78 is 10.3. The molecule has 124 valence electrons. The van der Waals surface area contributed by atoms with Crippen molar-refractivity contribution in [1.82, 2.24) is 10.6 Å². The maximum absolute atomic E-state index is 11.6. The molecule has 2 N–H and O–H groups in total. The van der Waals surface area contributed by atoms with E-state index >= 15 is 0 Å². The highest BCUT2D eigenvalue weighted by atomic mass is 127. The van der Waals surface area contributed by atoms with Gasteiger partial charge in [0.2, 0.25) is 0 Å². The Hall–Kier alpha value is -0.570. The van der Waals surface area contributed by atoms with Crippen LogP contribution < -0.4 is 10.6 Å². The van der Waals surface area contributed by atoms with Gasteiger partial charge in [-0.3, -0.25) is 9.79 Å². The number of esters is 1. The summed E-state index contributed by atoms with van der Waals surface area (Å²) in [4.78, 5) is 15.7. The number of rotatable bonds is 8. The molecule has 1 aliphatic rings. The fraction of sp³-hybridized carbons (Fsp3) is 0.857. The quantitative estimate of drug-likeness (QED) is 0.208. The molecule has 21 heavy (non-hydrogen) atoms. The molecule has 0 aromatic heterocycles. The Bertz CT molecular complexity index is 308. The van der Waals surface area contributed by atoms with Crippen LogP contribution in [0.15, 0.2) is 4.99 Å². The summed E-state index contributed by atoms with van der Waals surface area (Å²) in [5.74, 6) is 0.646. The first-order valence-corrected chi connectivity index (χ1v) is 7.39. The predicted octanol–water partition coefficient (Wildman–Crippen LogP) is 1.68. The minimum absolute atomic E-state index is 0. The maximum Gasteiger partial charge on any atom is 0.306 e. The van der Waals surface area contributed by atoms with E-state index in [1.165, 1.54) is 12.8 Å². The fourth-order valence-electron chi connectivity index (χ4n) is 2.18. The van der Waals surface area contributed by atoms with Crippen LogP contribution >= 0.6 is 24.0 Å². The lowest BCUT2D eigenvalue weighted by atomic mass is 10.3. The third kappa shape index (κ3) is 9.89. The molecule has 1 fully saturated rings. The van der Waals surface area contributed by atoms with Crippen LogP contribution in [0.1, 0.15) is 38.5 Å². The van der Waals surface area contributed by atoms with Crippen molar-refractivity contribution in [2.75, 3.05) is 33.9 Å². The number of nitrogens with zero attached hydrogens (tertiary/aromatic N) is 1. The van der Waals surface area contributed by atoms with Gasteiger partial charge in [-0.25, -0.2) is 0 Å². The van der Waals surface area contributed by atoms with Crippen molar-refractivity contribution in [3.8, 4) is 0 Å². The monoisotopic (exact) mass is 413 g/mol. The summed E-state index contributed by atoms with van der Waals surface area (Å²) in [6.45, 7) is 2.04. The Balaban J connectivity index is 0.00000400. The average molecular weight is 413 g/mol. The van der Waals surface area contributed by atoms with Gasteiger partial charge in [0.25, 0.3) is 0 Å². The number of methoxy groups -OCH3 is 1. The second-order valence-corrected chi connectivity index (χ2v) is 4.92. The Morgan fingerprint density at radius 2 is 1.90 bits per heavy atom. The number of halogens is 1. The molecule has 0 amide bonds. The van der Waals surface area contributed by atoms with Crippen LogP contribution in [0, 0.1) is 0 Å². The Morgan fingerprint density at radius 3 is 2.52 bits per heavy atom. The van der Waals surface area contributed by atoms with Gasteiger partial charge in [-0.2, -0.15) is 0 Å². The topological polar surface area (TPSA) is 72.0 Å². The van der Waals surface area contributed by atoms with Crippen molar-refractivity contribution in [3.63, 3.8) is 0 Å². The van der Waals surface area contributed by atoms with Crippen molar-refractivity contribution in [2.45, 2.75) is 44.6 Å². The second kappa shape index (κ2) is 13.1. The van der Waals surface area contributed by atoms with Gasteiger partial charge in [0, 0.05) is 33.7 Å². The SMILES string of the molecule is CN=C(NCCCC(=O)OC1CCCC1)NCCOC.I. The van der Waals surface area contributed by atoms with E-state index in [0.29, 0.717) is 26.1 Å². The van der Waals surface area contributed by atoms with Gasteiger partial charge in [0.05, 0.1) is 6.61 Å². The zero-order chi connectivity index (χ0) is 14.6. The molecule has 0 spiro atoms. The highest BCUT2D eigenvalue weighted by molar-refractivity contribution is 14.0. The van der Waals surface area contributed by atoms with Crippen LogP contribution in [0.3, 0.4) is 0 Å². The highest BCUT2D eigenvalue weighted by Crippen LogP contribution is 2.21. The fourth-order valence-corrected chi connectivity index (χ4v) is 2.18. The van der Waals surface area contributed by atoms with E-state index in [9.17, 15) is 4.79 Å². The lowest BCUT2D eigenvalue weighted by Crippen LogP contribution is -2.39. The molecule has 0 atom stereocenters. The molecule has 0 aromatic carbocycles. The number of hydrogen-bond donors (Lipinski definition) is 2. The van der Waals surface area contributed by atoms with Crippen molar-refractivity contribution in [1.29, 1.82) is 0 Å². The highest BCUT2D eigenvalue weighted by Gasteiger charge is 2.18. The minimum Gasteiger partial charge on any atom is -0.462 e. The molecule has 6 nitrogen and oxygen atoms in total. The van der Waals surface area contributed by atoms with Crippen molar-refractivity contribution < 1.29 is 14.3 Å². The minimum atomic E-state index is -0.0824. The van der Waals surface area contributed by atoms with Crippen LogP contribution in [0.5, 0.6) is 0 Å². The van der Waals surface area contributed by atoms with E-state index in [1.54, 1.807) is 14.2 Å². The molecule has 1 saturated carbocycles. The van der Waals surface area contributed by atoms with E-state index in [1.807, 2.05) is 0 Å². The number of guanidine groups is 1. The Kier molecular flexibility index (Phi) is 12.8. The molecular weight excluding hydrogens is 385 g/mol. The van der Waals surface area contributed by atoms with E-state index in [-0.39, 0.29) is 36.0 Å². The lowest BCUT2D eigenvalue weighted by Gasteiger charge is -2.13. The summed E-state index contributed by atoms with van der Waals surface area (Å²) in [5, 5.41) is 6.27. The summed E-state index contributed by atoms with van der Waals surface area (Å²) >= 11 is 0. The number of nitrogens with one attached hydrogen (secondary N) is 2. The van der Waals surface area contributed by atoms with Crippen LogP contribution in [-0.2, 0) is 14.3 Å². The lowest BCUT2D eigenvalue weighted by molar-refractivity contribution is -0.148. The van der Waals surface area contributed by atoms with E-state index < -0.39 is 0 Å². The molecule has 0 aromatic rings. The first-order chi connectivity index (χ1) is 9.76. The normalized spacial score (nSPS) is 15.4. The van der Waals surface area contributed by atoms with Crippen LogP contribution in [0.25, 0.3) is 0 Å². The van der Waals surface area contributed by atoms with Gasteiger partial charge < -0.3 is 20.1 Å². The number of carbonyl (C=O) groups is 1. The third-order valence-electron chi connectivity index (χ3n) is 3.27. The second-order valence-electron chi connectivity index (χ2n) is 4.92. The largest absolute Gasteiger partial charge is 0.462 e. The van der Waals surface area contributed by atoms with Gasteiger partial charge in [0.15, 0.2) is 5.96 Å². The summed E-state index contributed by atoms with van der Waals surface area (Å²) in [6, 6.07) is 0. The van der Waals surface area contributed by atoms with Crippen molar-refractivity contribution in [2.24, 2.45) is 4.99 Å². The molecule has 0 bridgehead atoms. The molecule has 0 heterocycles. The van der Waals surface area contributed by atoms with Crippen LogP contribution in [0.4, 0.5) is 0 Å². The zero-order valence-corrected chi connectivity index (χ0v) is 15.4. The zero-order valence-electron chi connectivity index (χ0n) is 13.0. The number of ether oxygens (including phenoxy) is 2.